The third kappa shape index (κ3) is 3.83. The molecule has 1 saturated carbocycles. The highest BCUT2D eigenvalue weighted by Crippen LogP contribution is 2.35. The number of aromatic nitrogens is 2. The van der Waals surface area contributed by atoms with E-state index in [2.05, 4.69) is 20.6 Å². The Hall–Kier alpha value is -1.34. The number of imidazole rings is 1. The number of rotatable bonds is 4. The monoisotopic (exact) mass is 400 g/mol. The van der Waals surface area contributed by atoms with Gasteiger partial charge in [-0.1, -0.05) is 6.42 Å². The first-order chi connectivity index (χ1) is 11.7. The summed E-state index contributed by atoms with van der Waals surface area (Å²) >= 11 is 0. The summed E-state index contributed by atoms with van der Waals surface area (Å²) in [7, 11) is 1.62. The lowest BCUT2D eigenvalue weighted by Crippen LogP contribution is -2.51. The second-order valence-corrected chi connectivity index (χ2v) is 6.88. The van der Waals surface area contributed by atoms with E-state index in [1.807, 2.05) is 18.2 Å². The van der Waals surface area contributed by atoms with Crippen LogP contribution in [0.5, 0.6) is 0 Å². The van der Waals surface area contributed by atoms with Gasteiger partial charge < -0.3 is 20.4 Å². The Balaban J connectivity index is 0.00000121. The van der Waals surface area contributed by atoms with Crippen molar-refractivity contribution >= 4 is 47.4 Å². The van der Waals surface area contributed by atoms with E-state index in [1.165, 1.54) is 19.3 Å². The number of hydrogen-bond acceptors (Lipinski definition) is 4. The number of piperidine rings is 1. The Morgan fingerprint density at radius 1 is 1.27 bits per heavy atom. The van der Waals surface area contributed by atoms with E-state index >= 15 is 0 Å². The number of aromatic amines is 1. The van der Waals surface area contributed by atoms with E-state index in [-0.39, 0.29) is 30.7 Å². The lowest BCUT2D eigenvalue weighted by Gasteiger charge is -2.34. The Labute approximate surface area is 165 Å². The molecule has 8 heteroatoms. The molecule has 0 radical (unpaired) electrons. The summed E-state index contributed by atoms with van der Waals surface area (Å²) < 4.78 is 5.59. The molecule has 0 spiro atoms. The maximum absolute atomic E-state index is 12.7. The van der Waals surface area contributed by atoms with Gasteiger partial charge in [0.25, 0.3) is 5.91 Å². The van der Waals surface area contributed by atoms with Gasteiger partial charge in [-0.25, -0.2) is 4.98 Å². The minimum absolute atomic E-state index is 0. The number of fused-ring (bicyclic) bond motifs is 1. The van der Waals surface area contributed by atoms with Crippen LogP contribution in [0.15, 0.2) is 18.2 Å². The number of ether oxygens (including phenoxy) is 1. The average Bonchev–Trinajstić information content (AvgIpc) is 2.96. The number of H-pyrrole nitrogens is 1. The minimum Gasteiger partial charge on any atom is -0.368 e. The quantitative estimate of drug-likeness (QED) is 0.734. The summed E-state index contributed by atoms with van der Waals surface area (Å²) in [6.45, 7) is 1.59. The van der Waals surface area contributed by atoms with Crippen molar-refractivity contribution in [2.45, 2.75) is 43.6 Å². The number of amides is 1. The third-order valence-corrected chi connectivity index (χ3v) is 5.47. The summed E-state index contributed by atoms with van der Waals surface area (Å²) in [5.74, 6) is 1.58. The molecule has 3 N–H and O–H groups in total. The van der Waals surface area contributed by atoms with E-state index in [0.29, 0.717) is 18.8 Å². The summed E-state index contributed by atoms with van der Waals surface area (Å²) in [6, 6.07) is 5.84. The van der Waals surface area contributed by atoms with E-state index < -0.39 is 5.60 Å². The van der Waals surface area contributed by atoms with Gasteiger partial charge in [-0.15, -0.1) is 24.8 Å². The Morgan fingerprint density at radius 3 is 2.62 bits per heavy atom. The number of nitrogens with zero attached hydrogens (tertiary/aromatic N) is 1. The number of halogens is 2. The molecule has 6 nitrogen and oxygen atoms in total. The maximum Gasteiger partial charge on any atom is 0.256 e. The molecule has 2 fully saturated rings. The molecule has 2 aromatic rings. The van der Waals surface area contributed by atoms with E-state index in [0.717, 1.165) is 35.6 Å². The summed E-state index contributed by atoms with van der Waals surface area (Å²) in [4.78, 5) is 20.8. The van der Waals surface area contributed by atoms with Crippen molar-refractivity contribution in [3.63, 3.8) is 0 Å². The van der Waals surface area contributed by atoms with Gasteiger partial charge in [0.05, 0.1) is 11.0 Å². The number of benzene rings is 1. The number of carbonyl (C=O) groups excluding carboxylic acids is 1. The number of anilines is 1. The Bertz CT molecular complexity index is 755. The number of nitrogens with one attached hydrogen (secondary N) is 3. The molecule has 2 heterocycles. The lowest BCUT2D eigenvalue weighted by molar-refractivity contribution is -0.140. The Morgan fingerprint density at radius 2 is 2.00 bits per heavy atom. The normalized spacial score (nSPS) is 19.1. The standard InChI is InChI=1S/C18H24N4O2.2ClH/c1-24-18(7-9-19-10-8-18)17(23)20-13-5-6-14-15(11-13)22-16(21-14)12-3-2-4-12;;/h5-6,11-12,19H,2-4,7-10H2,1H3,(H,20,23)(H,21,22);2*1H. The summed E-state index contributed by atoms with van der Waals surface area (Å²) in [6.07, 6.45) is 5.10. The molecular weight excluding hydrogens is 375 g/mol. The Kier molecular flexibility index (Phi) is 6.91. The average molecular weight is 401 g/mol. The zero-order valence-corrected chi connectivity index (χ0v) is 16.5. The first-order valence-corrected chi connectivity index (χ1v) is 8.77. The van der Waals surface area contributed by atoms with Crippen LogP contribution < -0.4 is 10.6 Å². The van der Waals surface area contributed by atoms with Gasteiger partial charge in [0.2, 0.25) is 0 Å². The molecule has 0 atom stereocenters. The molecule has 1 aliphatic carbocycles. The molecule has 1 aromatic carbocycles. The summed E-state index contributed by atoms with van der Waals surface area (Å²) in [5, 5.41) is 6.29. The lowest BCUT2D eigenvalue weighted by atomic mass is 9.85. The SMILES string of the molecule is COC1(C(=O)Nc2ccc3nc(C4CCC4)[nH]c3c2)CCNCC1.Cl.Cl. The van der Waals surface area contributed by atoms with Crippen LogP contribution in [-0.4, -0.2) is 41.7 Å². The zero-order valence-electron chi connectivity index (χ0n) is 14.8. The predicted octanol–water partition coefficient (Wildman–Crippen LogP) is 3.38. The molecule has 144 valence electrons. The molecule has 1 saturated heterocycles. The number of carbonyl (C=O) groups is 1. The van der Waals surface area contributed by atoms with Crippen LogP contribution in [0.1, 0.15) is 43.8 Å². The molecular formula is C18H26Cl2N4O2. The van der Waals surface area contributed by atoms with Gasteiger partial charge >= 0.3 is 0 Å². The van der Waals surface area contributed by atoms with Crippen LogP contribution in [0.2, 0.25) is 0 Å². The molecule has 2 aliphatic rings. The number of methoxy groups -OCH3 is 1. The van der Waals surface area contributed by atoms with E-state index in [9.17, 15) is 4.79 Å². The third-order valence-electron chi connectivity index (χ3n) is 5.47. The van der Waals surface area contributed by atoms with Crippen LogP contribution in [0.3, 0.4) is 0 Å². The van der Waals surface area contributed by atoms with E-state index in [1.54, 1.807) is 7.11 Å². The van der Waals surface area contributed by atoms with Crippen LogP contribution in [0, 0.1) is 0 Å². The molecule has 4 rings (SSSR count). The molecule has 1 aromatic heterocycles. The first kappa shape index (κ1) is 21.0. The smallest absolute Gasteiger partial charge is 0.256 e. The topological polar surface area (TPSA) is 79.0 Å². The minimum atomic E-state index is -0.731. The van der Waals surface area contributed by atoms with Gasteiger partial charge in [-0.3, -0.25) is 4.79 Å². The van der Waals surface area contributed by atoms with Crippen molar-refractivity contribution in [2.24, 2.45) is 0 Å². The second kappa shape index (κ2) is 8.57. The van der Waals surface area contributed by atoms with Crippen molar-refractivity contribution in [1.29, 1.82) is 0 Å². The highest BCUT2D eigenvalue weighted by Gasteiger charge is 2.39. The summed E-state index contributed by atoms with van der Waals surface area (Å²) in [5.41, 5.74) is 1.99. The fraction of sp³-hybridized carbons (Fsp3) is 0.556. The largest absolute Gasteiger partial charge is 0.368 e. The molecule has 1 aliphatic heterocycles. The number of hydrogen-bond donors (Lipinski definition) is 3. The van der Waals surface area contributed by atoms with Gasteiger partial charge in [-0.2, -0.15) is 0 Å². The first-order valence-electron chi connectivity index (χ1n) is 8.77. The highest BCUT2D eigenvalue weighted by molar-refractivity contribution is 5.98. The molecule has 1 amide bonds. The van der Waals surface area contributed by atoms with Gasteiger partial charge in [-0.05, 0) is 57.0 Å². The predicted molar refractivity (Wildman–Crippen MR) is 108 cm³/mol. The van der Waals surface area contributed by atoms with E-state index in [4.69, 9.17) is 4.74 Å². The van der Waals surface area contributed by atoms with Gasteiger partial charge in [0, 0.05) is 18.7 Å². The van der Waals surface area contributed by atoms with Gasteiger partial charge in [0.1, 0.15) is 11.4 Å². The maximum atomic E-state index is 12.7. The van der Waals surface area contributed by atoms with Gasteiger partial charge in [0.15, 0.2) is 0 Å². The van der Waals surface area contributed by atoms with Crippen LogP contribution >= 0.6 is 24.8 Å². The zero-order chi connectivity index (χ0) is 16.6. The van der Waals surface area contributed by atoms with Crippen LogP contribution in [0.25, 0.3) is 11.0 Å². The second-order valence-electron chi connectivity index (χ2n) is 6.88. The molecule has 0 bridgehead atoms. The van der Waals surface area contributed by atoms with Crippen molar-refractivity contribution in [1.82, 2.24) is 15.3 Å². The van der Waals surface area contributed by atoms with Crippen molar-refractivity contribution in [3.05, 3.63) is 24.0 Å². The van der Waals surface area contributed by atoms with Crippen molar-refractivity contribution in [2.75, 3.05) is 25.5 Å². The molecule has 26 heavy (non-hydrogen) atoms. The van der Waals surface area contributed by atoms with Crippen molar-refractivity contribution < 1.29 is 9.53 Å². The fourth-order valence-corrected chi connectivity index (χ4v) is 3.58. The highest BCUT2D eigenvalue weighted by atomic mass is 35.5. The van der Waals surface area contributed by atoms with Crippen LogP contribution in [0.4, 0.5) is 5.69 Å². The van der Waals surface area contributed by atoms with Crippen molar-refractivity contribution in [3.8, 4) is 0 Å². The molecule has 0 unspecified atom stereocenters. The fourth-order valence-electron chi connectivity index (χ4n) is 3.58. The van der Waals surface area contributed by atoms with Crippen LogP contribution in [-0.2, 0) is 9.53 Å².